The molecule has 152 valence electrons. The number of halogens is 1. The molecule has 1 aromatic heterocycles. The summed E-state index contributed by atoms with van der Waals surface area (Å²) in [5.74, 6) is 2.21. The van der Waals surface area contributed by atoms with Gasteiger partial charge in [-0.3, -0.25) is 9.69 Å². The van der Waals surface area contributed by atoms with E-state index in [0.717, 1.165) is 31.4 Å². The molecule has 0 spiro atoms. The molecule has 0 bridgehead atoms. The first-order valence-corrected chi connectivity index (χ1v) is 10.4. The van der Waals surface area contributed by atoms with Gasteiger partial charge in [0.2, 0.25) is 5.91 Å². The molecule has 1 N–H and O–H groups in total. The van der Waals surface area contributed by atoms with Gasteiger partial charge in [0.15, 0.2) is 0 Å². The number of imidazole rings is 1. The van der Waals surface area contributed by atoms with Gasteiger partial charge >= 0.3 is 0 Å². The fourth-order valence-corrected chi connectivity index (χ4v) is 4.72. The Bertz CT molecular complexity index is 624. The van der Waals surface area contributed by atoms with Gasteiger partial charge in [0.05, 0.1) is 12.6 Å². The molecule has 1 saturated heterocycles. The van der Waals surface area contributed by atoms with E-state index in [2.05, 4.69) is 31.6 Å². The Morgan fingerprint density at radius 2 is 1.89 bits per heavy atom. The van der Waals surface area contributed by atoms with Crippen LogP contribution in [0.5, 0.6) is 0 Å². The molecule has 1 unspecified atom stereocenters. The van der Waals surface area contributed by atoms with Gasteiger partial charge in [-0.15, -0.1) is 12.4 Å². The first-order chi connectivity index (χ1) is 12.6. The molecule has 1 aromatic rings. The van der Waals surface area contributed by atoms with Gasteiger partial charge in [-0.1, -0.05) is 6.92 Å². The van der Waals surface area contributed by atoms with Gasteiger partial charge in [0.1, 0.15) is 5.82 Å². The van der Waals surface area contributed by atoms with Crippen molar-refractivity contribution in [1.82, 2.24) is 24.7 Å². The molecule has 0 radical (unpaired) electrons. The number of rotatable bonds is 5. The molecule has 3 fully saturated rings. The molecule has 1 aliphatic heterocycles. The van der Waals surface area contributed by atoms with Crippen LogP contribution in [-0.4, -0.2) is 63.5 Å². The van der Waals surface area contributed by atoms with E-state index in [0.29, 0.717) is 24.5 Å². The number of nitrogens with one attached hydrogen (secondary N) is 1. The van der Waals surface area contributed by atoms with E-state index >= 15 is 0 Å². The third-order valence-corrected chi connectivity index (χ3v) is 6.46. The molecule has 1 amide bonds. The van der Waals surface area contributed by atoms with Crippen molar-refractivity contribution in [2.24, 2.45) is 13.0 Å². The van der Waals surface area contributed by atoms with E-state index in [1.807, 2.05) is 19.4 Å². The Morgan fingerprint density at radius 1 is 1.22 bits per heavy atom. The quantitative estimate of drug-likeness (QED) is 0.831. The summed E-state index contributed by atoms with van der Waals surface area (Å²) < 4.78 is 2.08. The maximum absolute atomic E-state index is 13.3. The standard InChI is InChI=1S/C20H33N5O.ClH/c1-15-3-5-16(6-4-15)25(17-7-8-17)19(26)14-24-12-9-21-13-18(24)20-22-10-11-23(20)2;/h10-11,15-18,21H,3-9,12-14H2,1-2H3;1H. The molecule has 1 atom stereocenters. The first kappa shape index (κ1) is 20.6. The highest BCUT2D eigenvalue weighted by Crippen LogP contribution is 2.35. The van der Waals surface area contributed by atoms with Crippen molar-refractivity contribution < 1.29 is 4.79 Å². The maximum atomic E-state index is 13.3. The predicted octanol–water partition coefficient (Wildman–Crippen LogP) is 2.36. The third kappa shape index (κ3) is 4.66. The molecular weight excluding hydrogens is 362 g/mol. The van der Waals surface area contributed by atoms with Crippen molar-refractivity contribution >= 4 is 18.3 Å². The summed E-state index contributed by atoms with van der Waals surface area (Å²) in [6.07, 6.45) is 11.1. The van der Waals surface area contributed by atoms with Crippen molar-refractivity contribution in [3.8, 4) is 0 Å². The van der Waals surface area contributed by atoms with Crippen molar-refractivity contribution in [3.05, 3.63) is 18.2 Å². The van der Waals surface area contributed by atoms with Gasteiger partial charge in [-0.25, -0.2) is 4.98 Å². The van der Waals surface area contributed by atoms with Crippen molar-refractivity contribution in [1.29, 1.82) is 0 Å². The zero-order valence-electron chi connectivity index (χ0n) is 16.6. The highest BCUT2D eigenvalue weighted by atomic mass is 35.5. The lowest BCUT2D eigenvalue weighted by Crippen LogP contribution is -2.53. The number of carbonyl (C=O) groups excluding carboxylic acids is 1. The normalized spacial score (nSPS) is 29.2. The van der Waals surface area contributed by atoms with Gasteiger partial charge in [-0.05, 0) is 44.4 Å². The summed E-state index contributed by atoms with van der Waals surface area (Å²) in [7, 11) is 2.04. The second kappa shape index (κ2) is 8.93. The Kier molecular flexibility index (Phi) is 6.82. The van der Waals surface area contributed by atoms with E-state index in [-0.39, 0.29) is 18.4 Å². The third-order valence-electron chi connectivity index (χ3n) is 6.46. The Balaban J connectivity index is 0.00000210. The van der Waals surface area contributed by atoms with Crippen molar-refractivity contribution in [2.75, 3.05) is 26.2 Å². The Hall–Kier alpha value is -1.11. The van der Waals surface area contributed by atoms with Gasteiger partial charge in [0, 0.05) is 51.2 Å². The van der Waals surface area contributed by atoms with E-state index in [9.17, 15) is 4.79 Å². The number of piperazine rings is 1. The summed E-state index contributed by atoms with van der Waals surface area (Å²) in [4.78, 5) is 22.5. The molecule has 2 saturated carbocycles. The lowest BCUT2D eigenvalue weighted by Gasteiger charge is -2.40. The fourth-order valence-electron chi connectivity index (χ4n) is 4.72. The number of nitrogens with zero attached hydrogens (tertiary/aromatic N) is 4. The summed E-state index contributed by atoms with van der Waals surface area (Å²) in [5, 5.41) is 3.47. The first-order valence-electron chi connectivity index (χ1n) is 10.4. The average molecular weight is 396 g/mol. The minimum absolute atomic E-state index is 0. The van der Waals surface area contributed by atoms with Crippen LogP contribution < -0.4 is 5.32 Å². The fraction of sp³-hybridized carbons (Fsp3) is 0.800. The van der Waals surface area contributed by atoms with Crippen LogP contribution in [0.2, 0.25) is 0 Å². The molecule has 0 aromatic carbocycles. The summed E-state index contributed by atoms with van der Waals surface area (Å²) in [6.45, 7) is 5.59. The minimum atomic E-state index is 0. The van der Waals surface area contributed by atoms with Crippen LogP contribution in [0, 0.1) is 5.92 Å². The monoisotopic (exact) mass is 395 g/mol. The highest BCUT2D eigenvalue weighted by Gasteiger charge is 2.39. The SMILES string of the molecule is CC1CCC(N(C(=O)CN2CCNCC2c2nccn2C)C2CC2)CC1.Cl. The van der Waals surface area contributed by atoms with Crippen LogP contribution in [-0.2, 0) is 11.8 Å². The zero-order chi connectivity index (χ0) is 18.1. The lowest BCUT2D eigenvalue weighted by molar-refractivity contribution is -0.137. The van der Waals surface area contributed by atoms with Gasteiger partial charge in [0.25, 0.3) is 0 Å². The van der Waals surface area contributed by atoms with E-state index in [4.69, 9.17) is 0 Å². The molecule has 4 rings (SSSR count). The van der Waals surface area contributed by atoms with E-state index < -0.39 is 0 Å². The number of hydrogen-bond donors (Lipinski definition) is 1. The number of carbonyl (C=O) groups is 1. The smallest absolute Gasteiger partial charge is 0.237 e. The molecule has 2 aliphatic carbocycles. The molecule has 2 heterocycles. The summed E-state index contributed by atoms with van der Waals surface area (Å²) >= 11 is 0. The predicted molar refractivity (Wildman–Crippen MR) is 109 cm³/mol. The Morgan fingerprint density at radius 3 is 2.48 bits per heavy atom. The average Bonchev–Trinajstić information content (AvgIpc) is 3.38. The van der Waals surface area contributed by atoms with Gasteiger partial charge < -0.3 is 14.8 Å². The van der Waals surface area contributed by atoms with Crippen molar-refractivity contribution in [3.63, 3.8) is 0 Å². The Labute approximate surface area is 169 Å². The summed E-state index contributed by atoms with van der Waals surface area (Å²) in [6, 6.07) is 1.16. The van der Waals surface area contributed by atoms with Crippen LogP contribution in [0.25, 0.3) is 0 Å². The van der Waals surface area contributed by atoms with Crippen LogP contribution in [0.4, 0.5) is 0 Å². The van der Waals surface area contributed by atoms with Crippen molar-refractivity contribution in [2.45, 2.75) is 63.6 Å². The van der Waals surface area contributed by atoms with Gasteiger partial charge in [-0.2, -0.15) is 0 Å². The van der Waals surface area contributed by atoms with Crippen LogP contribution in [0.1, 0.15) is 57.3 Å². The zero-order valence-corrected chi connectivity index (χ0v) is 17.5. The second-order valence-electron chi connectivity index (χ2n) is 8.53. The van der Waals surface area contributed by atoms with E-state index in [1.165, 1.54) is 38.5 Å². The summed E-state index contributed by atoms with van der Waals surface area (Å²) in [5.41, 5.74) is 0. The molecular formula is C20H34ClN5O. The molecule has 3 aliphatic rings. The largest absolute Gasteiger partial charge is 0.337 e. The van der Waals surface area contributed by atoms with Crippen LogP contribution in [0.3, 0.4) is 0 Å². The topological polar surface area (TPSA) is 53.4 Å². The van der Waals surface area contributed by atoms with Crippen LogP contribution in [0.15, 0.2) is 12.4 Å². The van der Waals surface area contributed by atoms with Crippen LogP contribution >= 0.6 is 12.4 Å². The molecule has 7 heteroatoms. The lowest BCUT2D eigenvalue weighted by atomic mass is 9.86. The number of hydrogen-bond acceptors (Lipinski definition) is 4. The maximum Gasteiger partial charge on any atom is 0.237 e. The number of aromatic nitrogens is 2. The number of amides is 1. The molecule has 6 nitrogen and oxygen atoms in total. The minimum Gasteiger partial charge on any atom is -0.337 e. The number of aryl methyl sites for hydroxylation is 1. The molecule has 27 heavy (non-hydrogen) atoms. The van der Waals surface area contributed by atoms with E-state index in [1.54, 1.807) is 0 Å². The second-order valence-corrected chi connectivity index (χ2v) is 8.53. The highest BCUT2D eigenvalue weighted by molar-refractivity contribution is 5.85.